The number of carbonyl (C=O) groups is 1. The molecular weight excluding hydrogens is 310 g/mol. The Balaban J connectivity index is 1.77. The molecule has 0 aliphatic carbocycles. The number of carbonyl (C=O) groups excluding carboxylic acids is 1. The minimum Gasteiger partial charge on any atom is -0.374 e. The summed E-state index contributed by atoms with van der Waals surface area (Å²) in [6.07, 6.45) is 4.38. The van der Waals surface area contributed by atoms with Crippen LogP contribution < -0.4 is 0 Å². The Morgan fingerprint density at radius 3 is 2.12 bits per heavy atom. The third-order valence-electron chi connectivity index (χ3n) is 4.44. The van der Waals surface area contributed by atoms with Gasteiger partial charge < -0.3 is 10.0 Å². The lowest BCUT2D eigenvalue weighted by Crippen LogP contribution is -2.39. The third-order valence-corrected chi connectivity index (χ3v) is 4.44. The monoisotopic (exact) mass is 339 g/mol. The van der Waals surface area contributed by atoms with E-state index in [4.69, 9.17) is 0 Å². The van der Waals surface area contributed by atoms with E-state index in [-0.39, 0.29) is 5.91 Å². The van der Waals surface area contributed by atoms with Crippen molar-refractivity contribution in [3.8, 4) is 0 Å². The molecule has 2 rings (SSSR count). The smallest absolute Gasteiger partial charge is 0.224 e. The molecule has 0 bridgehead atoms. The second kappa shape index (κ2) is 10.7. The van der Waals surface area contributed by atoms with Crippen LogP contribution in [0.2, 0.25) is 0 Å². The van der Waals surface area contributed by atoms with Crippen LogP contribution in [-0.2, 0) is 17.8 Å². The van der Waals surface area contributed by atoms with E-state index in [0.717, 1.165) is 31.2 Å². The van der Waals surface area contributed by atoms with E-state index in [1.165, 1.54) is 5.56 Å². The Labute approximate surface area is 151 Å². The molecule has 2 aromatic carbocycles. The molecule has 1 N–H and O–H groups in total. The summed E-state index contributed by atoms with van der Waals surface area (Å²) in [6, 6.07) is 20.3. The van der Waals surface area contributed by atoms with Crippen LogP contribution in [0.4, 0.5) is 0 Å². The Morgan fingerprint density at radius 2 is 1.52 bits per heavy atom. The summed E-state index contributed by atoms with van der Waals surface area (Å²) in [6.45, 7) is 2.37. The van der Waals surface area contributed by atoms with Crippen molar-refractivity contribution in [1.82, 2.24) is 4.90 Å². The maximum atomic E-state index is 12.5. The zero-order chi connectivity index (χ0) is 17.9. The van der Waals surface area contributed by atoms with Crippen molar-refractivity contribution < 1.29 is 9.90 Å². The van der Waals surface area contributed by atoms with Gasteiger partial charge >= 0.3 is 0 Å². The Hall–Kier alpha value is -2.13. The summed E-state index contributed by atoms with van der Waals surface area (Å²) in [5.41, 5.74) is 2.40. The number of rotatable bonds is 10. The van der Waals surface area contributed by atoms with Gasteiger partial charge in [0, 0.05) is 13.0 Å². The fourth-order valence-electron chi connectivity index (χ4n) is 2.93. The summed E-state index contributed by atoms with van der Waals surface area (Å²) in [7, 11) is 0. The van der Waals surface area contributed by atoms with Gasteiger partial charge in [-0.25, -0.2) is 0 Å². The summed E-state index contributed by atoms with van der Waals surface area (Å²) in [5, 5.41) is 10.2. The molecule has 2 aromatic rings. The summed E-state index contributed by atoms with van der Waals surface area (Å²) >= 11 is 0. The molecule has 0 spiro atoms. The first-order valence-corrected chi connectivity index (χ1v) is 9.26. The summed E-state index contributed by atoms with van der Waals surface area (Å²) in [5.74, 6) is 0.0397. The van der Waals surface area contributed by atoms with Crippen LogP contribution in [0.25, 0.3) is 0 Å². The Morgan fingerprint density at radius 1 is 0.920 bits per heavy atom. The number of nitrogens with zero attached hydrogens (tertiary/aromatic N) is 1. The van der Waals surface area contributed by atoms with E-state index in [1.807, 2.05) is 43.3 Å². The first-order valence-electron chi connectivity index (χ1n) is 9.26. The van der Waals surface area contributed by atoms with Gasteiger partial charge in [-0.1, -0.05) is 74.0 Å². The van der Waals surface area contributed by atoms with Crippen molar-refractivity contribution in [3.05, 3.63) is 71.8 Å². The van der Waals surface area contributed by atoms with Crippen molar-refractivity contribution in [3.63, 3.8) is 0 Å². The standard InChI is InChI=1S/C22H29NO2/c1-2-21(24)23(18-20-15-9-4-10-16-20)22(25)17-11-5-8-14-19-12-6-3-7-13-19/h3-4,6-7,9-10,12-13,15-16,21,24H,2,5,8,11,14,17-18H2,1H3. The second-order valence-corrected chi connectivity index (χ2v) is 6.44. The first kappa shape index (κ1) is 19.2. The van der Waals surface area contributed by atoms with Crippen LogP contribution >= 0.6 is 0 Å². The summed E-state index contributed by atoms with van der Waals surface area (Å²) < 4.78 is 0. The maximum absolute atomic E-state index is 12.5. The molecule has 134 valence electrons. The van der Waals surface area contributed by atoms with Crippen LogP contribution in [0, 0.1) is 0 Å². The molecule has 3 heteroatoms. The lowest BCUT2D eigenvalue weighted by atomic mass is 10.1. The first-order chi connectivity index (χ1) is 12.2. The quantitative estimate of drug-likeness (QED) is 0.510. The van der Waals surface area contributed by atoms with Gasteiger partial charge in [-0.3, -0.25) is 4.79 Å². The Kier molecular flexibility index (Phi) is 8.20. The average molecular weight is 339 g/mol. The minimum atomic E-state index is -0.711. The van der Waals surface area contributed by atoms with E-state index in [9.17, 15) is 9.90 Å². The van der Waals surface area contributed by atoms with Crippen LogP contribution in [0.1, 0.15) is 50.2 Å². The fraction of sp³-hybridized carbons (Fsp3) is 0.409. The molecule has 0 saturated carbocycles. The second-order valence-electron chi connectivity index (χ2n) is 6.44. The van der Waals surface area contributed by atoms with Crippen LogP contribution in [0.15, 0.2) is 60.7 Å². The highest BCUT2D eigenvalue weighted by Crippen LogP contribution is 2.14. The largest absolute Gasteiger partial charge is 0.374 e. The molecule has 1 atom stereocenters. The van der Waals surface area contributed by atoms with Gasteiger partial charge in [-0.15, -0.1) is 0 Å². The zero-order valence-electron chi connectivity index (χ0n) is 15.1. The molecule has 0 aromatic heterocycles. The van der Waals surface area contributed by atoms with Gasteiger partial charge in [-0.2, -0.15) is 0 Å². The van der Waals surface area contributed by atoms with E-state index < -0.39 is 6.23 Å². The van der Waals surface area contributed by atoms with Crippen LogP contribution in [0.3, 0.4) is 0 Å². The number of hydrogen-bond donors (Lipinski definition) is 1. The maximum Gasteiger partial charge on any atom is 0.224 e. The number of aliphatic hydroxyl groups is 1. The van der Waals surface area contributed by atoms with Crippen molar-refractivity contribution in [2.75, 3.05) is 0 Å². The molecule has 3 nitrogen and oxygen atoms in total. The van der Waals surface area contributed by atoms with Gasteiger partial charge in [0.2, 0.25) is 5.91 Å². The minimum absolute atomic E-state index is 0.0397. The fourth-order valence-corrected chi connectivity index (χ4v) is 2.93. The molecule has 0 aliphatic rings. The van der Waals surface area contributed by atoms with Crippen LogP contribution in [0.5, 0.6) is 0 Å². The Bertz CT molecular complexity index is 612. The molecule has 0 aliphatic heterocycles. The van der Waals surface area contributed by atoms with E-state index >= 15 is 0 Å². The highest BCUT2D eigenvalue weighted by Gasteiger charge is 2.20. The van der Waals surface area contributed by atoms with Gasteiger partial charge in [0.1, 0.15) is 6.23 Å². The van der Waals surface area contributed by atoms with Crippen molar-refractivity contribution in [1.29, 1.82) is 0 Å². The molecule has 1 amide bonds. The number of benzene rings is 2. The number of amides is 1. The van der Waals surface area contributed by atoms with Crippen LogP contribution in [-0.4, -0.2) is 22.1 Å². The number of aliphatic hydroxyl groups excluding tert-OH is 1. The third kappa shape index (κ3) is 6.71. The van der Waals surface area contributed by atoms with E-state index in [0.29, 0.717) is 19.4 Å². The van der Waals surface area contributed by atoms with Crippen molar-refractivity contribution >= 4 is 5.91 Å². The van der Waals surface area contributed by atoms with Gasteiger partial charge in [0.25, 0.3) is 0 Å². The average Bonchev–Trinajstić information content (AvgIpc) is 2.66. The number of hydrogen-bond acceptors (Lipinski definition) is 2. The molecule has 1 unspecified atom stereocenters. The van der Waals surface area contributed by atoms with E-state index in [2.05, 4.69) is 24.3 Å². The number of unbranched alkanes of at least 4 members (excludes halogenated alkanes) is 2. The van der Waals surface area contributed by atoms with E-state index in [1.54, 1.807) is 4.90 Å². The zero-order valence-corrected chi connectivity index (χ0v) is 15.1. The van der Waals surface area contributed by atoms with Crippen molar-refractivity contribution in [2.45, 2.75) is 58.2 Å². The number of aryl methyl sites for hydroxylation is 1. The van der Waals surface area contributed by atoms with Crippen molar-refractivity contribution in [2.24, 2.45) is 0 Å². The molecule has 0 radical (unpaired) electrons. The summed E-state index contributed by atoms with van der Waals surface area (Å²) in [4.78, 5) is 14.2. The molecule has 0 saturated heterocycles. The lowest BCUT2D eigenvalue weighted by Gasteiger charge is -2.27. The van der Waals surface area contributed by atoms with Gasteiger partial charge in [0.05, 0.1) is 0 Å². The molecule has 0 heterocycles. The van der Waals surface area contributed by atoms with Gasteiger partial charge in [-0.05, 0) is 36.8 Å². The lowest BCUT2D eigenvalue weighted by molar-refractivity contribution is -0.142. The highest BCUT2D eigenvalue weighted by atomic mass is 16.3. The molecular formula is C22H29NO2. The normalized spacial score (nSPS) is 11.9. The molecule has 25 heavy (non-hydrogen) atoms. The SMILES string of the molecule is CCC(O)N(Cc1ccccc1)C(=O)CCCCCc1ccccc1. The topological polar surface area (TPSA) is 40.5 Å². The molecule has 0 fully saturated rings. The highest BCUT2D eigenvalue weighted by molar-refractivity contribution is 5.76. The van der Waals surface area contributed by atoms with Gasteiger partial charge in [0.15, 0.2) is 0 Å². The predicted molar refractivity (Wildman–Crippen MR) is 102 cm³/mol. The predicted octanol–water partition coefficient (Wildman–Crippen LogP) is 4.55.